The number of carboxylic acid groups (broad SMARTS) is 1. The number of aromatic nitrogens is 2. The number of methoxy groups -OCH3 is 2. The number of hydrogen-bond acceptors (Lipinski definition) is 9. The molecular weight excluding hydrogens is 555 g/mol. The molecule has 3 aromatic rings. The maximum Gasteiger partial charge on any atom is 0.429 e. The zero-order valence-corrected chi connectivity index (χ0v) is 23.1. The van der Waals surface area contributed by atoms with Crippen molar-refractivity contribution < 1.29 is 37.3 Å². The van der Waals surface area contributed by atoms with Crippen LogP contribution in [0.5, 0.6) is 17.4 Å². The third-order valence-electron chi connectivity index (χ3n) is 7.98. The van der Waals surface area contributed by atoms with E-state index < -0.39 is 24.3 Å². The van der Waals surface area contributed by atoms with Crippen LogP contribution in [0.4, 0.5) is 24.9 Å². The Morgan fingerprint density at radius 3 is 2.31 bits per heavy atom. The van der Waals surface area contributed by atoms with E-state index in [1.807, 2.05) is 4.90 Å². The fourth-order valence-corrected chi connectivity index (χ4v) is 5.65. The van der Waals surface area contributed by atoms with Crippen molar-refractivity contribution in [3.8, 4) is 28.5 Å². The van der Waals surface area contributed by atoms with E-state index >= 15 is 0 Å². The number of carbonyl (C=O) groups is 1. The van der Waals surface area contributed by atoms with Crippen LogP contribution in [0.25, 0.3) is 11.1 Å². The number of aliphatic carboxylic acids is 1. The molecule has 42 heavy (non-hydrogen) atoms. The molecule has 10 nitrogen and oxygen atoms in total. The number of ether oxygens (including phenoxy) is 3. The van der Waals surface area contributed by atoms with Gasteiger partial charge in [0.15, 0.2) is 11.5 Å². The molecule has 2 saturated heterocycles. The minimum absolute atomic E-state index is 0.105. The summed E-state index contributed by atoms with van der Waals surface area (Å²) >= 11 is 0. The molecule has 224 valence electrons. The summed E-state index contributed by atoms with van der Waals surface area (Å²) in [4.78, 5) is 21.4. The van der Waals surface area contributed by atoms with Crippen molar-refractivity contribution >= 4 is 17.7 Å². The Morgan fingerprint density at radius 2 is 1.71 bits per heavy atom. The molecule has 2 aromatic carbocycles. The molecule has 2 aliphatic rings. The molecule has 1 aromatic heterocycles. The van der Waals surface area contributed by atoms with Crippen LogP contribution >= 0.6 is 0 Å². The molecule has 0 saturated carbocycles. The van der Waals surface area contributed by atoms with Gasteiger partial charge in [0.25, 0.3) is 0 Å². The van der Waals surface area contributed by atoms with Crippen LogP contribution in [0, 0.1) is 5.41 Å². The minimum atomic E-state index is -4.74. The highest BCUT2D eigenvalue weighted by Crippen LogP contribution is 2.42. The van der Waals surface area contributed by atoms with Crippen molar-refractivity contribution in [1.29, 1.82) is 0 Å². The largest absolute Gasteiger partial charge is 0.493 e. The Balaban J connectivity index is 1.32. The number of alkyl halides is 3. The van der Waals surface area contributed by atoms with Crippen LogP contribution in [-0.4, -0.2) is 67.1 Å². The van der Waals surface area contributed by atoms with Crippen LogP contribution in [0.2, 0.25) is 0 Å². The first-order valence-electron chi connectivity index (χ1n) is 13.4. The summed E-state index contributed by atoms with van der Waals surface area (Å²) in [5.41, 5.74) is 7.07. The molecule has 2 aliphatic heterocycles. The van der Waals surface area contributed by atoms with E-state index in [2.05, 4.69) is 15.3 Å². The molecule has 0 unspecified atom stereocenters. The molecule has 4 N–H and O–H groups in total. The van der Waals surface area contributed by atoms with Crippen LogP contribution in [0.3, 0.4) is 0 Å². The SMILES string of the molecule is COc1ccc(-c2ccc([C@@H](Oc3cc(N4CCC5(CC4)CN[C@H](C(=O)O)C5)nc(N)n3)C(F)(F)F)cc2)cc1OC. The number of halogens is 3. The highest BCUT2D eigenvalue weighted by molar-refractivity contribution is 5.74. The summed E-state index contributed by atoms with van der Waals surface area (Å²) in [6.45, 7) is 1.70. The van der Waals surface area contributed by atoms with Gasteiger partial charge in [0.1, 0.15) is 11.9 Å². The summed E-state index contributed by atoms with van der Waals surface area (Å²) in [6, 6.07) is 11.9. The van der Waals surface area contributed by atoms with Crippen molar-refractivity contribution in [2.24, 2.45) is 5.41 Å². The Labute approximate surface area is 240 Å². The Morgan fingerprint density at radius 1 is 1.05 bits per heavy atom. The first-order chi connectivity index (χ1) is 20.0. The van der Waals surface area contributed by atoms with E-state index in [0.29, 0.717) is 61.8 Å². The second-order valence-corrected chi connectivity index (χ2v) is 10.6. The molecule has 3 heterocycles. The number of hydrogen-bond donors (Lipinski definition) is 3. The number of nitrogens with one attached hydrogen (secondary N) is 1. The number of carboxylic acids is 1. The standard InChI is InChI=1S/C29H32F3N5O5/c1-40-21-8-7-19(13-22(21)41-2)17-3-5-18(6-4-17)25(29(30,31)32)42-24-14-23(35-27(33)36-24)37-11-9-28(10-12-37)15-20(26(38)39)34-16-28/h3-8,13-14,20,25,34H,9-12,15-16H2,1-2H3,(H,38,39)(H2,33,35,36)/t20-,25+/m0/s1. The van der Waals surface area contributed by atoms with Crippen molar-refractivity contribution in [3.63, 3.8) is 0 Å². The lowest BCUT2D eigenvalue weighted by Gasteiger charge is -2.39. The van der Waals surface area contributed by atoms with Gasteiger partial charge in [-0.2, -0.15) is 23.1 Å². The van der Waals surface area contributed by atoms with Gasteiger partial charge in [-0.1, -0.05) is 30.3 Å². The topological polar surface area (TPSA) is 132 Å². The summed E-state index contributed by atoms with van der Waals surface area (Å²) in [5, 5.41) is 12.4. The average molecular weight is 588 g/mol. The number of nitrogen functional groups attached to an aromatic ring is 1. The fourth-order valence-electron chi connectivity index (χ4n) is 5.65. The number of benzene rings is 2. The van der Waals surface area contributed by atoms with Gasteiger partial charge in [-0.3, -0.25) is 4.79 Å². The molecule has 0 radical (unpaired) electrons. The third kappa shape index (κ3) is 6.15. The van der Waals surface area contributed by atoms with Crippen molar-refractivity contribution in [3.05, 3.63) is 54.1 Å². The molecule has 0 bridgehead atoms. The first kappa shape index (κ1) is 29.2. The van der Waals surface area contributed by atoms with E-state index in [4.69, 9.17) is 19.9 Å². The number of anilines is 2. The number of piperidine rings is 1. The highest BCUT2D eigenvalue weighted by atomic mass is 19.4. The highest BCUT2D eigenvalue weighted by Gasteiger charge is 2.45. The zero-order chi connectivity index (χ0) is 30.1. The predicted molar refractivity (Wildman–Crippen MR) is 149 cm³/mol. The maximum absolute atomic E-state index is 14.2. The maximum atomic E-state index is 14.2. The van der Waals surface area contributed by atoms with Crippen LogP contribution in [0.15, 0.2) is 48.5 Å². The zero-order valence-electron chi connectivity index (χ0n) is 23.1. The monoisotopic (exact) mass is 587 g/mol. The quantitative estimate of drug-likeness (QED) is 0.347. The van der Waals surface area contributed by atoms with Gasteiger partial charge < -0.3 is 35.3 Å². The Kier molecular flexibility index (Phi) is 8.04. The molecule has 13 heteroatoms. The van der Waals surface area contributed by atoms with Gasteiger partial charge in [-0.25, -0.2) is 0 Å². The normalized spacial score (nSPS) is 19.0. The molecule has 5 rings (SSSR count). The van der Waals surface area contributed by atoms with Crippen molar-refractivity contribution in [2.75, 3.05) is 44.5 Å². The van der Waals surface area contributed by atoms with E-state index in [1.165, 1.54) is 32.4 Å². The lowest BCUT2D eigenvalue weighted by atomic mass is 9.76. The molecule has 2 atom stereocenters. The molecule has 1 spiro atoms. The second-order valence-electron chi connectivity index (χ2n) is 10.6. The Hall–Kier alpha value is -4.26. The van der Waals surface area contributed by atoms with Crippen molar-refractivity contribution in [1.82, 2.24) is 15.3 Å². The van der Waals surface area contributed by atoms with Gasteiger partial charge in [0, 0.05) is 31.3 Å². The van der Waals surface area contributed by atoms with Gasteiger partial charge in [0.05, 0.1) is 14.2 Å². The van der Waals surface area contributed by atoms with Crippen LogP contribution in [-0.2, 0) is 4.79 Å². The Bertz CT molecular complexity index is 1430. The van der Waals surface area contributed by atoms with E-state index in [1.54, 1.807) is 30.3 Å². The van der Waals surface area contributed by atoms with Crippen LogP contribution in [0.1, 0.15) is 30.9 Å². The lowest BCUT2D eigenvalue weighted by Crippen LogP contribution is -2.41. The van der Waals surface area contributed by atoms with Crippen molar-refractivity contribution in [2.45, 2.75) is 37.6 Å². The van der Waals surface area contributed by atoms with E-state index in [-0.39, 0.29) is 22.8 Å². The van der Waals surface area contributed by atoms with Gasteiger partial charge in [-0.15, -0.1) is 0 Å². The van der Waals surface area contributed by atoms with Gasteiger partial charge in [-0.05, 0) is 47.9 Å². The average Bonchev–Trinajstić information content (AvgIpc) is 3.39. The van der Waals surface area contributed by atoms with E-state index in [0.717, 1.165) is 5.56 Å². The van der Waals surface area contributed by atoms with Gasteiger partial charge in [0.2, 0.25) is 17.9 Å². The minimum Gasteiger partial charge on any atom is -0.493 e. The second kappa shape index (κ2) is 11.6. The number of rotatable bonds is 8. The van der Waals surface area contributed by atoms with E-state index in [9.17, 15) is 23.1 Å². The first-order valence-corrected chi connectivity index (χ1v) is 13.4. The molecular formula is C29H32F3N5O5. The summed E-state index contributed by atoms with van der Waals surface area (Å²) in [5.74, 6) is 0.0325. The predicted octanol–water partition coefficient (Wildman–Crippen LogP) is 4.46. The lowest BCUT2D eigenvalue weighted by molar-refractivity contribution is -0.198. The molecule has 0 amide bonds. The van der Waals surface area contributed by atoms with Gasteiger partial charge >= 0.3 is 12.1 Å². The molecule has 0 aliphatic carbocycles. The molecule has 2 fully saturated rings. The van der Waals surface area contributed by atoms with Crippen LogP contribution < -0.4 is 30.2 Å². The smallest absolute Gasteiger partial charge is 0.429 e. The third-order valence-corrected chi connectivity index (χ3v) is 7.98. The summed E-state index contributed by atoms with van der Waals surface area (Å²) < 4.78 is 58.7. The summed E-state index contributed by atoms with van der Waals surface area (Å²) in [7, 11) is 3.03. The fraction of sp³-hybridized carbons (Fsp3) is 0.414. The summed E-state index contributed by atoms with van der Waals surface area (Å²) in [6.07, 6.45) is -5.07. The number of nitrogens with zero attached hydrogens (tertiary/aromatic N) is 3. The number of nitrogens with two attached hydrogens (primary N) is 1.